The summed E-state index contributed by atoms with van der Waals surface area (Å²) in [5.74, 6) is -5.35. The van der Waals surface area contributed by atoms with Crippen LogP contribution < -0.4 is 11.1 Å². The lowest BCUT2D eigenvalue weighted by molar-refractivity contribution is -0.162. The second kappa shape index (κ2) is 7.34. The summed E-state index contributed by atoms with van der Waals surface area (Å²) in [4.78, 5) is 45.5. The van der Waals surface area contributed by atoms with Crippen molar-refractivity contribution < 1.29 is 28.7 Å². The lowest BCUT2D eigenvalue weighted by Gasteiger charge is -2.26. The van der Waals surface area contributed by atoms with E-state index in [4.69, 9.17) is 5.73 Å². The second-order valence-corrected chi connectivity index (χ2v) is 3.96. The van der Waals surface area contributed by atoms with Gasteiger partial charge in [0.05, 0.1) is 14.2 Å². The Morgan fingerprint density at radius 3 is 1.74 bits per heavy atom. The van der Waals surface area contributed by atoms with Crippen LogP contribution in [0.2, 0.25) is 0 Å². The fourth-order valence-corrected chi connectivity index (χ4v) is 1.65. The largest absolute Gasteiger partial charge is 0.468 e. The van der Waals surface area contributed by atoms with Crippen LogP contribution in [0, 0.1) is 11.8 Å². The number of nitrogens with one attached hydrogen (secondary N) is 1. The van der Waals surface area contributed by atoms with Gasteiger partial charge in [0.1, 0.15) is 6.04 Å². The third kappa shape index (κ3) is 4.57. The Morgan fingerprint density at radius 1 is 1.05 bits per heavy atom. The molecule has 0 unspecified atom stereocenters. The molecule has 19 heavy (non-hydrogen) atoms. The van der Waals surface area contributed by atoms with Gasteiger partial charge in [-0.15, -0.1) is 0 Å². The topological polar surface area (TPSA) is 125 Å². The number of hydrogen-bond donors (Lipinski definition) is 2. The summed E-state index contributed by atoms with van der Waals surface area (Å²) < 4.78 is 8.97. The highest BCUT2D eigenvalue weighted by molar-refractivity contribution is 5.96. The van der Waals surface area contributed by atoms with Crippen LogP contribution in [0.25, 0.3) is 0 Å². The van der Waals surface area contributed by atoms with E-state index in [0.29, 0.717) is 0 Å². The predicted molar refractivity (Wildman–Crippen MR) is 63.5 cm³/mol. The number of hydrogen-bond acceptors (Lipinski definition) is 6. The van der Waals surface area contributed by atoms with Gasteiger partial charge in [0, 0.05) is 12.8 Å². The maximum atomic E-state index is 11.6. The van der Waals surface area contributed by atoms with Gasteiger partial charge in [0.15, 0.2) is 5.92 Å². The van der Waals surface area contributed by atoms with Gasteiger partial charge in [-0.2, -0.15) is 0 Å². The molecule has 3 N–H and O–H groups in total. The monoisotopic (exact) mass is 274 g/mol. The van der Waals surface area contributed by atoms with Crippen molar-refractivity contribution in [1.29, 1.82) is 0 Å². The number of ether oxygens (including phenoxy) is 2. The molecule has 8 heteroatoms. The highest BCUT2D eigenvalue weighted by Gasteiger charge is 2.40. The minimum Gasteiger partial charge on any atom is -0.468 e. The lowest BCUT2D eigenvalue weighted by Crippen LogP contribution is -2.52. The van der Waals surface area contributed by atoms with Crippen LogP contribution in [0.3, 0.4) is 0 Å². The van der Waals surface area contributed by atoms with Crippen molar-refractivity contribution in [3.8, 4) is 0 Å². The van der Waals surface area contributed by atoms with Crippen molar-refractivity contribution >= 4 is 23.8 Å². The average molecular weight is 274 g/mol. The van der Waals surface area contributed by atoms with Crippen molar-refractivity contribution in [1.82, 2.24) is 5.32 Å². The van der Waals surface area contributed by atoms with Crippen molar-refractivity contribution in [2.24, 2.45) is 17.6 Å². The predicted octanol–water partition coefficient (Wildman–Crippen LogP) is -1.43. The summed E-state index contributed by atoms with van der Waals surface area (Å²) in [5, 5.41) is 2.29. The van der Waals surface area contributed by atoms with Crippen LogP contribution in [0.1, 0.15) is 13.8 Å². The molecule has 0 aromatic carbocycles. The maximum absolute atomic E-state index is 11.6. The first-order chi connectivity index (χ1) is 8.76. The molecule has 0 aliphatic rings. The Labute approximate surface area is 110 Å². The first-order valence-corrected chi connectivity index (χ1v) is 5.48. The Bertz CT molecular complexity index is 365. The van der Waals surface area contributed by atoms with Crippen molar-refractivity contribution in [2.75, 3.05) is 14.2 Å². The molecular weight excluding hydrogens is 256 g/mol. The molecule has 0 bridgehead atoms. The number of methoxy groups -OCH3 is 2. The average Bonchev–Trinajstić information content (AvgIpc) is 2.34. The SMILES string of the molecule is COC(=O)C(C(=O)OC)[C@H](C)[C@H](NC(C)=O)C(N)=O. The first-order valence-electron chi connectivity index (χ1n) is 5.48. The zero-order valence-electron chi connectivity index (χ0n) is 11.3. The third-order valence-corrected chi connectivity index (χ3v) is 2.63. The summed E-state index contributed by atoms with van der Waals surface area (Å²) in [6.07, 6.45) is 0. The maximum Gasteiger partial charge on any atom is 0.320 e. The van der Waals surface area contributed by atoms with Crippen LogP contribution in [-0.4, -0.2) is 44.0 Å². The van der Waals surface area contributed by atoms with E-state index in [1.54, 1.807) is 0 Å². The number of carbonyl (C=O) groups excluding carboxylic acids is 4. The molecule has 0 aromatic heterocycles. The minimum absolute atomic E-state index is 0.510. The van der Waals surface area contributed by atoms with Crippen molar-refractivity contribution in [3.63, 3.8) is 0 Å². The Hall–Kier alpha value is -2.12. The lowest BCUT2D eigenvalue weighted by atomic mass is 9.87. The third-order valence-electron chi connectivity index (χ3n) is 2.63. The second-order valence-electron chi connectivity index (χ2n) is 3.96. The number of carbonyl (C=O) groups is 4. The molecule has 0 radical (unpaired) electrons. The summed E-state index contributed by atoms with van der Waals surface area (Å²) in [6.45, 7) is 2.61. The van der Waals surface area contributed by atoms with Gasteiger partial charge in [-0.1, -0.05) is 6.92 Å². The standard InChI is InChI=1S/C11H18N2O6/c1-5(8(9(12)15)13-6(2)14)7(10(16)18-3)11(17)19-4/h5,7-8H,1-4H3,(H2,12,15)(H,13,14)/t5-,8-/m0/s1. The molecule has 8 nitrogen and oxygen atoms in total. The summed E-state index contributed by atoms with van der Waals surface area (Å²) in [6, 6.07) is -1.18. The van der Waals surface area contributed by atoms with E-state index in [-0.39, 0.29) is 0 Å². The molecule has 2 atom stereocenters. The molecule has 2 amide bonds. The molecular formula is C11H18N2O6. The normalized spacial score (nSPS) is 13.3. The van der Waals surface area contributed by atoms with E-state index in [9.17, 15) is 19.2 Å². The molecule has 108 valence electrons. The highest BCUT2D eigenvalue weighted by atomic mass is 16.5. The Balaban J connectivity index is 5.28. The van der Waals surface area contributed by atoms with Gasteiger partial charge in [-0.3, -0.25) is 19.2 Å². The fourth-order valence-electron chi connectivity index (χ4n) is 1.65. The zero-order chi connectivity index (χ0) is 15.2. The molecule has 0 saturated heterocycles. The van der Waals surface area contributed by atoms with Crippen LogP contribution in [0.4, 0.5) is 0 Å². The van der Waals surface area contributed by atoms with Crippen LogP contribution in [-0.2, 0) is 28.7 Å². The van der Waals surface area contributed by atoms with Crippen LogP contribution >= 0.6 is 0 Å². The number of amides is 2. The molecule has 0 aliphatic heterocycles. The molecule has 0 heterocycles. The van der Waals surface area contributed by atoms with Crippen molar-refractivity contribution in [3.05, 3.63) is 0 Å². The van der Waals surface area contributed by atoms with E-state index in [2.05, 4.69) is 14.8 Å². The highest BCUT2D eigenvalue weighted by Crippen LogP contribution is 2.19. The van der Waals surface area contributed by atoms with E-state index in [0.717, 1.165) is 14.2 Å². The van der Waals surface area contributed by atoms with E-state index < -0.39 is 41.6 Å². The van der Waals surface area contributed by atoms with Gasteiger partial charge in [-0.05, 0) is 0 Å². The molecule has 0 aliphatic carbocycles. The van der Waals surface area contributed by atoms with Crippen LogP contribution in [0.5, 0.6) is 0 Å². The Morgan fingerprint density at radius 2 is 1.47 bits per heavy atom. The van der Waals surface area contributed by atoms with Gasteiger partial charge in [-0.25, -0.2) is 0 Å². The van der Waals surface area contributed by atoms with Crippen molar-refractivity contribution in [2.45, 2.75) is 19.9 Å². The van der Waals surface area contributed by atoms with Gasteiger partial charge < -0.3 is 20.5 Å². The summed E-state index contributed by atoms with van der Waals surface area (Å²) in [5.41, 5.74) is 5.15. The number of nitrogens with two attached hydrogens (primary N) is 1. The van der Waals surface area contributed by atoms with E-state index >= 15 is 0 Å². The minimum atomic E-state index is -1.35. The molecule has 0 rings (SSSR count). The fraction of sp³-hybridized carbons (Fsp3) is 0.636. The zero-order valence-corrected chi connectivity index (χ0v) is 11.3. The number of rotatable bonds is 6. The van der Waals surface area contributed by atoms with Gasteiger partial charge in [0.2, 0.25) is 11.8 Å². The first kappa shape index (κ1) is 16.9. The summed E-state index contributed by atoms with van der Waals surface area (Å²) >= 11 is 0. The van der Waals surface area contributed by atoms with Gasteiger partial charge in [0.25, 0.3) is 0 Å². The van der Waals surface area contributed by atoms with E-state index in [1.165, 1.54) is 13.8 Å². The molecule has 0 spiro atoms. The number of primary amides is 1. The molecule has 0 saturated carbocycles. The molecule has 0 aromatic rings. The summed E-state index contributed by atoms with van der Waals surface area (Å²) in [7, 11) is 2.20. The molecule has 0 fully saturated rings. The van der Waals surface area contributed by atoms with Crippen LogP contribution in [0.15, 0.2) is 0 Å². The smallest absolute Gasteiger partial charge is 0.320 e. The van der Waals surface area contributed by atoms with E-state index in [1.807, 2.05) is 0 Å². The quantitative estimate of drug-likeness (QED) is 0.452. The van der Waals surface area contributed by atoms with Gasteiger partial charge >= 0.3 is 11.9 Å². The Kier molecular flexibility index (Phi) is 6.53. The number of esters is 2.